The molecule has 3 nitrogen and oxygen atoms in total. The highest BCUT2D eigenvalue weighted by atomic mass is 16.5. The molecule has 0 fully saturated rings. The molecule has 0 N–H and O–H groups in total. The molecule has 0 amide bonds. The third-order valence-corrected chi connectivity index (χ3v) is 6.15. The van der Waals surface area contributed by atoms with Crippen molar-refractivity contribution in [2.75, 3.05) is 20.7 Å². The van der Waals surface area contributed by atoms with Gasteiger partial charge in [0.25, 0.3) is 0 Å². The Morgan fingerprint density at radius 2 is 1.42 bits per heavy atom. The summed E-state index contributed by atoms with van der Waals surface area (Å²) in [6, 6.07) is 32.9. The molecule has 3 heteroatoms. The Bertz CT molecular complexity index is 1190. The number of ether oxygens (including phenoxy) is 1. The quantitative estimate of drug-likeness (QED) is 0.258. The number of benzene rings is 4. The second kappa shape index (κ2) is 10.9. The molecular weight excluding hydrogens is 406 g/mol. The van der Waals surface area contributed by atoms with Crippen LogP contribution in [0.5, 0.6) is 5.75 Å². The predicted octanol–water partition coefficient (Wildman–Crippen LogP) is 6.73. The molecule has 33 heavy (non-hydrogen) atoms. The Labute approximate surface area is 196 Å². The number of fused-ring (bicyclic) bond motifs is 1. The van der Waals surface area contributed by atoms with Crippen molar-refractivity contribution in [1.82, 2.24) is 4.90 Å². The summed E-state index contributed by atoms with van der Waals surface area (Å²) in [4.78, 5) is 14.8. The van der Waals surface area contributed by atoms with Crippen LogP contribution in [0.25, 0.3) is 10.8 Å². The van der Waals surface area contributed by atoms with Gasteiger partial charge in [-0.2, -0.15) is 0 Å². The monoisotopic (exact) mass is 437 g/mol. The molecule has 0 unspecified atom stereocenters. The Kier molecular flexibility index (Phi) is 7.54. The first kappa shape index (κ1) is 22.8. The topological polar surface area (TPSA) is 29.5 Å². The lowest BCUT2D eigenvalue weighted by Gasteiger charge is -2.25. The molecule has 0 spiro atoms. The van der Waals surface area contributed by atoms with Crippen LogP contribution in [-0.2, 0) is 6.42 Å². The molecule has 0 heterocycles. The van der Waals surface area contributed by atoms with Crippen LogP contribution in [0.1, 0.15) is 40.4 Å². The van der Waals surface area contributed by atoms with Crippen molar-refractivity contribution in [3.8, 4) is 5.75 Å². The van der Waals surface area contributed by atoms with Crippen molar-refractivity contribution in [2.45, 2.75) is 25.3 Å². The largest absolute Gasteiger partial charge is 0.493 e. The van der Waals surface area contributed by atoms with Gasteiger partial charge in [0, 0.05) is 29.8 Å². The predicted molar refractivity (Wildman–Crippen MR) is 136 cm³/mol. The first-order valence-corrected chi connectivity index (χ1v) is 11.6. The molecule has 0 aromatic heterocycles. The molecule has 168 valence electrons. The summed E-state index contributed by atoms with van der Waals surface area (Å²) < 4.78 is 6.28. The van der Waals surface area contributed by atoms with Gasteiger partial charge in [0.1, 0.15) is 5.75 Å². The molecule has 0 bridgehead atoms. The summed E-state index contributed by atoms with van der Waals surface area (Å²) in [6.45, 7) is 0.633. The number of Topliss-reactive ketones (excluding diaryl/α,β-unsaturated/α-hetero) is 1. The summed E-state index contributed by atoms with van der Waals surface area (Å²) in [5, 5.41) is 2.26. The van der Waals surface area contributed by atoms with Crippen LogP contribution in [0.4, 0.5) is 0 Å². The van der Waals surface area contributed by atoms with Crippen molar-refractivity contribution in [3.05, 3.63) is 114 Å². The number of nitrogens with zero attached hydrogens (tertiary/aromatic N) is 1. The first-order valence-electron chi connectivity index (χ1n) is 11.6. The van der Waals surface area contributed by atoms with E-state index >= 15 is 0 Å². The summed E-state index contributed by atoms with van der Waals surface area (Å²) in [5.74, 6) is 1.07. The van der Waals surface area contributed by atoms with Gasteiger partial charge in [-0.05, 0) is 43.1 Å². The van der Waals surface area contributed by atoms with Gasteiger partial charge >= 0.3 is 0 Å². The van der Waals surface area contributed by atoms with Crippen molar-refractivity contribution in [2.24, 2.45) is 0 Å². The standard InChI is InChI=1S/C30H31NO2/c1-31(2)28(24-11-5-3-6-12-24)21-22-33-30-20-18-23(26-15-9-10-16-27(26)30)17-19-29(32)25-13-7-4-8-14-25/h3-16,18,20,28H,17,19,21-22H2,1-2H3/t28-/m0/s1. The number of rotatable bonds is 10. The minimum Gasteiger partial charge on any atom is -0.493 e. The molecule has 4 rings (SSSR count). The molecule has 0 aliphatic carbocycles. The minimum atomic E-state index is 0.177. The summed E-state index contributed by atoms with van der Waals surface area (Å²) >= 11 is 0. The fraction of sp³-hybridized carbons (Fsp3) is 0.233. The highest BCUT2D eigenvalue weighted by Crippen LogP contribution is 2.30. The van der Waals surface area contributed by atoms with E-state index < -0.39 is 0 Å². The van der Waals surface area contributed by atoms with E-state index in [1.54, 1.807) is 0 Å². The molecule has 4 aromatic carbocycles. The average molecular weight is 438 g/mol. The molecule has 0 aliphatic rings. The van der Waals surface area contributed by atoms with Crippen LogP contribution in [0.2, 0.25) is 0 Å². The SMILES string of the molecule is CN(C)[C@@H](CCOc1ccc(CCC(=O)c2ccccc2)c2ccccc12)c1ccccc1. The average Bonchev–Trinajstić information content (AvgIpc) is 2.86. The van der Waals surface area contributed by atoms with Crippen molar-refractivity contribution < 1.29 is 9.53 Å². The third-order valence-electron chi connectivity index (χ3n) is 6.15. The summed E-state index contributed by atoms with van der Waals surface area (Å²) in [7, 11) is 4.22. The van der Waals surface area contributed by atoms with Crippen LogP contribution in [-0.4, -0.2) is 31.4 Å². The van der Waals surface area contributed by atoms with Crippen LogP contribution in [0.3, 0.4) is 0 Å². The van der Waals surface area contributed by atoms with Gasteiger partial charge in [0.2, 0.25) is 0 Å². The van der Waals surface area contributed by atoms with Crippen molar-refractivity contribution >= 4 is 16.6 Å². The zero-order valence-electron chi connectivity index (χ0n) is 19.4. The first-order chi connectivity index (χ1) is 16.1. The molecule has 4 aromatic rings. The number of carbonyl (C=O) groups excluding carboxylic acids is 1. The fourth-order valence-corrected chi connectivity index (χ4v) is 4.37. The number of carbonyl (C=O) groups is 1. The van der Waals surface area contributed by atoms with Crippen molar-refractivity contribution in [3.63, 3.8) is 0 Å². The maximum Gasteiger partial charge on any atom is 0.163 e. The number of hydrogen-bond acceptors (Lipinski definition) is 3. The van der Waals surface area contributed by atoms with Gasteiger partial charge in [0.05, 0.1) is 6.61 Å². The normalized spacial score (nSPS) is 12.1. The zero-order chi connectivity index (χ0) is 23.0. The van der Waals surface area contributed by atoms with E-state index in [0.29, 0.717) is 25.5 Å². The van der Waals surface area contributed by atoms with Gasteiger partial charge in [-0.25, -0.2) is 0 Å². The Balaban J connectivity index is 1.45. The summed E-state index contributed by atoms with van der Waals surface area (Å²) in [5.41, 5.74) is 3.25. The molecule has 0 aliphatic heterocycles. The van der Waals surface area contributed by atoms with Gasteiger partial charge < -0.3 is 9.64 Å². The van der Waals surface area contributed by atoms with Gasteiger partial charge in [-0.3, -0.25) is 4.79 Å². The van der Waals surface area contributed by atoms with E-state index in [-0.39, 0.29) is 5.78 Å². The van der Waals surface area contributed by atoms with E-state index in [9.17, 15) is 4.79 Å². The van der Waals surface area contributed by atoms with Crippen molar-refractivity contribution in [1.29, 1.82) is 0 Å². The highest BCUT2D eigenvalue weighted by Gasteiger charge is 2.15. The fourth-order valence-electron chi connectivity index (χ4n) is 4.37. The second-order valence-corrected chi connectivity index (χ2v) is 8.58. The maximum atomic E-state index is 12.6. The van der Waals surface area contributed by atoms with E-state index in [2.05, 4.69) is 67.5 Å². The Hall–Kier alpha value is -3.43. The lowest BCUT2D eigenvalue weighted by molar-refractivity contribution is 0.0983. The lowest BCUT2D eigenvalue weighted by atomic mass is 9.97. The van der Waals surface area contributed by atoms with Gasteiger partial charge in [0.15, 0.2) is 5.78 Å². The van der Waals surface area contributed by atoms with Gasteiger partial charge in [-0.1, -0.05) is 91.0 Å². The number of hydrogen-bond donors (Lipinski definition) is 0. The summed E-state index contributed by atoms with van der Waals surface area (Å²) in [6.07, 6.45) is 2.11. The van der Waals surface area contributed by atoms with E-state index in [1.807, 2.05) is 48.5 Å². The number of ketones is 1. The molecular formula is C30H31NO2. The molecule has 0 saturated carbocycles. The lowest BCUT2D eigenvalue weighted by Crippen LogP contribution is -2.22. The van der Waals surface area contributed by atoms with E-state index in [1.165, 1.54) is 11.1 Å². The Morgan fingerprint density at radius 1 is 0.788 bits per heavy atom. The van der Waals surface area contributed by atoms with Gasteiger partial charge in [-0.15, -0.1) is 0 Å². The van der Waals surface area contributed by atoms with E-state index in [0.717, 1.165) is 28.5 Å². The Morgan fingerprint density at radius 3 is 2.12 bits per heavy atom. The zero-order valence-corrected chi connectivity index (χ0v) is 19.4. The maximum absolute atomic E-state index is 12.6. The van der Waals surface area contributed by atoms with Crippen LogP contribution in [0, 0.1) is 0 Å². The third kappa shape index (κ3) is 5.68. The molecule has 0 saturated heterocycles. The van der Waals surface area contributed by atoms with E-state index in [4.69, 9.17) is 4.74 Å². The van der Waals surface area contributed by atoms with Crippen LogP contribution in [0.15, 0.2) is 97.1 Å². The minimum absolute atomic E-state index is 0.177. The number of aryl methyl sites for hydroxylation is 1. The second-order valence-electron chi connectivity index (χ2n) is 8.58. The highest BCUT2D eigenvalue weighted by molar-refractivity contribution is 5.97. The van der Waals surface area contributed by atoms with Crippen LogP contribution >= 0.6 is 0 Å². The molecule has 0 radical (unpaired) electrons. The molecule has 1 atom stereocenters. The smallest absolute Gasteiger partial charge is 0.163 e. The van der Waals surface area contributed by atoms with Crippen LogP contribution < -0.4 is 4.74 Å².